The summed E-state index contributed by atoms with van der Waals surface area (Å²) in [5.74, 6) is 0. The van der Waals surface area contributed by atoms with Crippen molar-refractivity contribution >= 4 is 44.6 Å². The fraction of sp³-hybridized carbons (Fsp3) is 0.0408. The van der Waals surface area contributed by atoms with E-state index in [0.717, 1.165) is 12.8 Å². The zero-order valence-corrected chi connectivity index (χ0v) is 32.7. The molecule has 7 heteroatoms. The van der Waals surface area contributed by atoms with Crippen LogP contribution in [0.5, 0.6) is 0 Å². The van der Waals surface area contributed by atoms with E-state index in [-0.39, 0.29) is 0 Å². The first-order valence-electron chi connectivity index (χ1n) is 18.1. The van der Waals surface area contributed by atoms with Crippen LogP contribution in [-0.4, -0.2) is 0 Å². The maximum atomic E-state index is 8.49. The van der Waals surface area contributed by atoms with Crippen molar-refractivity contribution in [2.75, 3.05) is 0 Å². The molecular weight excluding hydrogens is 752 g/mol. The summed E-state index contributed by atoms with van der Waals surface area (Å²) in [6, 6.07) is 58.5. The molecule has 4 nitrogen and oxygen atoms in total. The smallest absolute Gasteiger partial charge is 0.222 e. The Morgan fingerprint density at radius 3 is 1.34 bits per heavy atom. The van der Waals surface area contributed by atoms with Gasteiger partial charge in [0.25, 0.3) is 0 Å². The van der Waals surface area contributed by atoms with Gasteiger partial charge in [-0.05, 0) is 93.8 Å². The number of allylic oxidation sites excluding steroid dienone is 9. The lowest BCUT2D eigenvalue weighted by molar-refractivity contribution is -2.00. The maximum Gasteiger partial charge on any atom is 0.239 e. The van der Waals surface area contributed by atoms with Crippen molar-refractivity contribution in [3.05, 3.63) is 233 Å². The van der Waals surface area contributed by atoms with Gasteiger partial charge < -0.3 is 0 Å². The Balaban J connectivity index is 0.000000905. The molecule has 8 rings (SSSR count). The Kier molecular flexibility index (Phi) is 12.8. The number of hydrogen-bond donors (Lipinski definition) is 0. The van der Waals surface area contributed by atoms with Crippen molar-refractivity contribution in [2.45, 2.75) is 12.8 Å². The highest BCUT2D eigenvalue weighted by Gasteiger charge is 2.21. The third kappa shape index (κ3) is 10.7. The van der Waals surface area contributed by atoms with Crippen LogP contribution in [0, 0.1) is 10.2 Å². The molecule has 1 aliphatic carbocycles. The molecule has 276 valence electrons. The average molecular weight is 789 g/mol. The monoisotopic (exact) mass is 788 g/mol. The quantitative estimate of drug-likeness (QED) is 0.143. The Morgan fingerprint density at radius 2 is 0.893 bits per heavy atom. The molecule has 0 atom stereocenters. The number of thioether (sulfide) groups is 1. The SMILES string of the molecule is C(=Cc1cc(-c2ccccc2)[s+]c(-c2ccccc2)c1)C1=C(c2ccccc2)C(=CC=C2C=C(c3ccccc3)SC(c3ccccc3)=C2)CC1.[O-][Cl+3]([O-])([O-])[O-]. The topological polar surface area (TPSA) is 92.2 Å². The van der Waals surface area contributed by atoms with Crippen LogP contribution in [0.2, 0.25) is 0 Å². The van der Waals surface area contributed by atoms with Crippen molar-refractivity contribution in [1.29, 1.82) is 0 Å². The third-order valence-corrected chi connectivity index (χ3v) is 11.5. The summed E-state index contributed by atoms with van der Waals surface area (Å²) >= 11 is 3.69. The van der Waals surface area contributed by atoms with E-state index in [1.807, 2.05) is 23.1 Å². The van der Waals surface area contributed by atoms with Gasteiger partial charge in [0.2, 0.25) is 21.1 Å². The zero-order chi connectivity index (χ0) is 38.7. The second-order valence-corrected chi connectivity index (χ2v) is 16.0. The Bertz CT molecular complexity index is 2330. The van der Waals surface area contributed by atoms with Gasteiger partial charge in [-0.25, -0.2) is 18.6 Å². The van der Waals surface area contributed by atoms with E-state index >= 15 is 0 Å². The van der Waals surface area contributed by atoms with E-state index in [2.05, 4.69) is 200 Å². The van der Waals surface area contributed by atoms with Crippen molar-refractivity contribution in [3.8, 4) is 20.9 Å². The summed E-state index contributed by atoms with van der Waals surface area (Å²) in [5, 5.41) is 0. The minimum absolute atomic E-state index is 1.01. The van der Waals surface area contributed by atoms with E-state index in [4.69, 9.17) is 18.6 Å². The van der Waals surface area contributed by atoms with Crippen LogP contribution in [0.3, 0.4) is 0 Å². The van der Waals surface area contributed by atoms with Gasteiger partial charge >= 0.3 is 0 Å². The van der Waals surface area contributed by atoms with Gasteiger partial charge in [0, 0.05) is 33.1 Å². The molecule has 1 aliphatic heterocycles. The maximum absolute atomic E-state index is 8.49. The predicted octanol–water partition coefficient (Wildman–Crippen LogP) is 9.55. The molecule has 0 saturated carbocycles. The van der Waals surface area contributed by atoms with Crippen LogP contribution in [-0.2, 0) is 0 Å². The first-order valence-corrected chi connectivity index (χ1v) is 20.9. The second kappa shape index (κ2) is 18.5. The molecule has 6 aromatic rings. The second-order valence-electron chi connectivity index (χ2n) is 13.0. The minimum Gasteiger partial charge on any atom is -0.222 e. The lowest BCUT2D eigenvalue weighted by atomic mass is 9.97. The van der Waals surface area contributed by atoms with E-state index in [1.165, 1.54) is 75.2 Å². The Morgan fingerprint density at radius 1 is 0.482 bits per heavy atom. The summed E-state index contributed by atoms with van der Waals surface area (Å²) < 4.78 is 34.0. The van der Waals surface area contributed by atoms with Crippen LogP contribution in [0.4, 0.5) is 0 Å². The minimum atomic E-state index is -4.94. The molecule has 0 unspecified atom stereocenters. The van der Waals surface area contributed by atoms with Crippen LogP contribution in [0.1, 0.15) is 35.1 Å². The van der Waals surface area contributed by atoms with Gasteiger partial charge in [-0.2, -0.15) is 0 Å². The summed E-state index contributed by atoms with van der Waals surface area (Å²) in [6.45, 7) is 0. The molecule has 0 fully saturated rings. The van der Waals surface area contributed by atoms with Gasteiger partial charge in [-0.15, -0.1) is 10.2 Å². The standard InChI is InChI=1S/C49H37S2.ClHO4/c1-6-16-38(17-7-1)45-32-36(33-46(50-45)39-18-8-2-9-19-39)26-28-43-30-31-44(49(43)42-24-14-5-15-25-42)29-27-37-34-47(40-20-10-3-11-21-40)51-48(35-37)41-22-12-4-13-23-41;2-1(3,4)5/h1-29,32-35H,30-31H2;(H,2,3,4,5)/q+1;/p-1. The molecule has 0 N–H and O–H groups in total. The Labute approximate surface area is 338 Å². The van der Waals surface area contributed by atoms with Crippen molar-refractivity contribution in [3.63, 3.8) is 0 Å². The molecule has 2 aliphatic rings. The summed E-state index contributed by atoms with van der Waals surface area (Å²) in [5.41, 5.74) is 12.8. The van der Waals surface area contributed by atoms with E-state index in [9.17, 15) is 0 Å². The first kappa shape index (κ1) is 38.8. The molecular formula is C49H37ClO4S2. The van der Waals surface area contributed by atoms with Gasteiger partial charge in [0.05, 0.1) is 0 Å². The number of rotatable bonds is 8. The lowest BCUT2D eigenvalue weighted by Crippen LogP contribution is -2.68. The fourth-order valence-corrected chi connectivity index (χ4v) is 8.91. The summed E-state index contributed by atoms with van der Waals surface area (Å²) in [6.07, 6.45) is 16.0. The third-order valence-electron chi connectivity index (χ3n) is 9.19. The highest BCUT2D eigenvalue weighted by atomic mass is 35.7. The molecule has 0 saturated heterocycles. The number of benzene rings is 5. The highest BCUT2D eigenvalue weighted by molar-refractivity contribution is 8.16. The van der Waals surface area contributed by atoms with Gasteiger partial charge in [-0.1, -0.05) is 163 Å². The fourth-order valence-electron chi connectivity index (χ4n) is 6.64. The molecule has 1 aromatic heterocycles. The normalized spacial score (nSPS) is 15.0. The number of halogens is 1. The van der Waals surface area contributed by atoms with Crippen molar-refractivity contribution < 1.29 is 28.9 Å². The largest absolute Gasteiger partial charge is 0.239 e. The Hall–Kier alpha value is -5.41. The molecule has 56 heavy (non-hydrogen) atoms. The van der Waals surface area contributed by atoms with E-state index in [0.29, 0.717) is 0 Å². The number of hydrogen-bond acceptors (Lipinski definition) is 5. The molecule has 0 spiro atoms. The summed E-state index contributed by atoms with van der Waals surface area (Å²) in [4.78, 5) is 5.07. The summed E-state index contributed by atoms with van der Waals surface area (Å²) in [7, 11) is -4.94. The van der Waals surface area contributed by atoms with E-state index in [1.54, 1.807) is 0 Å². The van der Waals surface area contributed by atoms with E-state index < -0.39 is 10.2 Å². The molecule has 5 aromatic carbocycles. The molecule has 0 amide bonds. The van der Waals surface area contributed by atoms with Crippen molar-refractivity contribution in [1.82, 2.24) is 0 Å². The molecule has 0 bridgehead atoms. The first-order chi connectivity index (χ1) is 27.3. The molecule has 0 radical (unpaired) electrons. The lowest BCUT2D eigenvalue weighted by Gasteiger charge is -2.17. The predicted molar refractivity (Wildman–Crippen MR) is 224 cm³/mol. The molecule has 2 heterocycles. The van der Waals surface area contributed by atoms with Gasteiger partial charge in [0.1, 0.15) is 0 Å². The van der Waals surface area contributed by atoms with Crippen molar-refractivity contribution in [2.24, 2.45) is 0 Å². The average Bonchev–Trinajstić information content (AvgIpc) is 3.65. The highest BCUT2D eigenvalue weighted by Crippen LogP contribution is 2.45. The van der Waals surface area contributed by atoms with Crippen LogP contribution in [0.25, 0.3) is 42.3 Å². The van der Waals surface area contributed by atoms with Crippen LogP contribution in [0.15, 0.2) is 211 Å². The van der Waals surface area contributed by atoms with Crippen LogP contribution < -0.4 is 18.6 Å². The van der Waals surface area contributed by atoms with Crippen LogP contribution >= 0.6 is 23.1 Å². The zero-order valence-electron chi connectivity index (χ0n) is 30.3. The van der Waals surface area contributed by atoms with Gasteiger partial charge in [-0.3, -0.25) is 0 Å². The van der Waals surface area contributed by atoms with Gasteiger partial charge in [0.15, 0.2) is 0 Å².